The lowest BCUT2D eigenvalue weighted by atomic mass is 9.80. The predicted molar refractivity (Wildman–Crippen MR) is 152 cm³/mol. The topological polar surface area (TPSA) is 52.7 Å². The molecule has 1 aliphatic carbocycles. The van der Waals surface area contributed by atoms with Crippen LogP contribution in [-0.2, 0) is 27.1 Å². The number of nitrogens with zero attached hydrogens (tertiary/aromatic N) is 2. The Bertz CT molecular complexity index is 1320. The van der Waals surface area contributed by atoms with Crippen LogP contribution in [-0.4, -0.2) is 48.3 Å². The van der Waals surface area contributed by atoms with Gasteiger partial charge in [-0.25, -0.2) is 4.39 Å². The van der Waals surface area contributed by atoms with Crippen LogP contribution in [0.1, 0.15) is 42.9 Å². The number of piperidine rings is 1. The van der Waals surface area contributed by atoms with Gasteiger partial charge < -0.3 is 15.1 Å². The molecule has 1 saturated carbocycles. The smallest absolute Gasteiger partial charge is 0.233 e. The van der Waals surface area contributed by atoms with E-state index in [0.717, 1.165) is 55.6 Å². The summed E-state index contributed by atoms with van der Waals surface area (Å²) in [6, 6.07) is 24.1. The summed E-state index contributed by atoms with van der Waals surface area (Å²) >= 11 is 6.38. The average molecular weight is 548 g/mol. The molecule has 204 valence electrons. The molecule has 2 fully saturated rings. The van der Waals surface area contributed by atoms with Crippen molar-refractivity contribution in [1.29, 1.82) is 0 Å². The van der Waals surface area contributed by atoms with Crippen LogP contribution in [0.25, 0.3) is 0 Å². The summed E-state index contributed by atoms with van der Waals surface area (Å²) < 4.78 is 13.8. The Morgan fingerprint density at radius 1 is 0.974 bits per heavy atom. The van der Waals surface area contributed by atoms with Crippen molar-refractivity contribution in [1.82, 2.24) is 15.1 Å². The van der Waals surface area contributed by atoms with E-state index in [0.29, 0.717) is 11.6 Å². The second-order valence-corrected chi connectivity index (χ2v) is 11.5. The van der Waals surface area contributed by atoms with Gasteiger partial charge in [0.1, 0.15) is 5.82 Å². The van der Waals surface area contributed by atoms with Crippen LogP contribution in [0, 0.1) is 11.7 Å². The minimum atomic E-state index is -0.685. The van der Waals surface area contributed by atoms with Crippen molar-refractivity contribution >= 4 is 23.4 Å². The maximum atomic E-state index is 14.0. The number of likely N-dealkylation sites (N-methyl/N-ethyl adjacent to an activating group) is 1. The molecule has 39 heavy (non-hydrogen) atoms. The number of benzene rings is 3. The molecule has 1 saturated heterocycles. The summed E-state index contributed by atoms with van der Waals surface area (Å²) in [5.74, 6) is -0.187. The number of likely N-dealkylation sites (tertiary alicyclic amines) is 1. The summed E-state index contributed by atoms with van der Waals surface area (Å²) in [4.78, 5) is 30.3. The van der Waals surface area contributed by atoms with Gasteiger partial charge >= 0.3 is 0 Å². The van der Waals surface area contributed by atoms with Crippen LogP contribution in [0.2, 0.25) is 5.02 Å². The molecule has 2 atom stereocenters. The van der Waals surface area contributed by atoms with Crippen molar-refractivity contribution in [2.75, 3.05) is 26.7 Å². The zero-order chi connectivity index (χ0) is 27.6. The minimum absolute atomic E-state index is 0.0306. The lowest BCUT2D eigenvalue weighted by Gasteiger charge is -2.43. The van der Waals surface area contributed by atoms with Crippen molar-refractivity contribution in [3.63, 3.8) is 0 Å². The summed E-state index contributed by atoms with van der Waals surface area (Å²) in [5.41, 5.74) is 1.82. The van der Waals surface area contributed by atoms with E-state index in [1.54, 1.807) is 24.0 Å². The van der Waals surface area contributed by atoms with Gasteiger partial charge in [-0.1, -0.05) is 72.3 Å². The highest BCUT2D eigenvalue weighted by Gasteiger charge is 2.62. The molecule has 1 N–H and O–H groups in total. The van der Waals surface area contributed by atoms with Gasteiger partial charge in [-0.05, 0) is 60.1 Å². The van der Waals surface area contributed by atoms with Crippen LogP contribution in [0.4, 0.5) is 4.39 Å². The summed E-state index contributed by atoms with van der Waals surface area (Å²) in [6.07, 6.45) is 2.32. The molecule has 2 amide bonds. The third-order valence-corrected chi connectivity index (χ3v) is 8.86. The van der Waals surface area contributed by atoms with E-state index in [1.807, 2.05) is 49.5 Å². The summed E-state index contributed by atoms with van der Waals surface area (Å²) in [7, 11) is 1.81. The number of hydrogen-bond donors (Lipinski definition) is 1. The second-order valence-electron chi connectivity index (χ2n) is 11.1. The number of carbonyl (C=O) groups excluding carboxylic acids is 2. The number of rotatable bonds is 8. The third kappa shape index (κ3) is 5.59. The van der Waals surface area contributed by atoms with E-state index >= 15 is 0 Å². The molecule has 1 heterocycles. The monoisotopic (exact) mass is 547 g/mol. The fourth-order valence-corrected chi connectivity index (χ4v) is 6.54. The van der Waals surface area contributed by atoms with Gasteiger partial charge in [-0.3, -0.25) is 9.59 Å². The molecular weight excluding hydrogens is 513 g/mol. The Morgan fingerprint density at radius 2 is 1.62 bits per heavy atom. The Morgan fingerprint density at radius 3 is 2.26 bits per heavy atom. The quantitative estimate of drug-likeness (QED) is 0.404. The molecule has 0 bridgehead atoms. The van der Waals surface area contributed by atoms with E-state index in [1.165, 1.54) is 12.1 Å². The Hall–Kier alpha value is -3.22. The van der Waals surface area contributed by atoms with Crippen LogP contribution in [0.5, 0.6) is 0 Å². The van der Waals surface area contributed by atoms with E-state index in [4.69, 9.17) is 11.6 Å². The third-order valence-electron chi connectivity index (χ3n) is 8.49. The molecule has 3 aromatic rings. The molecule has 5 nitrogen and oxygen atoms in total. The van der Waals surface area contributed by atoms with Crippen molar-refractivity contribution in [3.8, 4) is 0 Å². The number of amides is 2. The van der Waals surface area contributed by atoms with Crippen molar-refractivity contribution in [2.24, 2.45) is 5.92 Å². The van der Waals surface area contributed by atoms with E-state index in [2.05, 4.69) is 22.3 Å². The van der Waals surface area contributed by atoms with Gasteiger partial charge in [0.2, 0.25) is 11.8 Å². The predicted octanol–water partition coefficient (Wildman–Crippen LogP) is 5.52. The lowest BCUT2D eigenvalue weighted by molar-refractivity contribution is -0.133. The first-order chi connectivity index (χ1) is 18.7. The number of carbonyl (C=O) groups is 2. The fraction of sp³-hybridized carbons (Fsp3) is 0.375. The molecule has 1 aliphatic heterocycles. The van der Waals surface area contributed by atoms with Gasteiger partial charge in [-0.2, -0.15) is 0 Å². The first-order valence-corrected chi connectivity index (χ1v) is 13.9. The van der Waals surface area contributed by atoms with E-state index in [9.17, 15) is 14.0 Å². The molecule has 7 heteroatoms. The number of nitrogens with one attached hydrogen (secondary N) is 1. The Labute approximate surface area is 235 Å². The van der Waals surface area contributed by atoms with Gasteiger partial charge in [0.25, 0.3) is 0 Å². The lowest BCUT2D eigenvalue weighted by Crippen LogP contribution is -2.53. The van der Waals surface area contributed by atoms with Crippen LogP contribution < -0.4 is 5.32 Å². The van der Waals surface area contributed by atoms with E-state index in [-0.39, 0.29) is 29.1 Å². The minimum Gasteiger partial charge on any atom is -0.347 e. The highest BCUT2D eigenvalue weighted by molar-refractivity contribution is 6.31. The van der Waals surface area contributed by atoms with Gasteiger partial charge in [-0.15, -0.1) is 0 Å². The van der Waals surface area contributed by atoms with Crippen molar-refractivity contribution in [2.45, 2.75) is 43.7 Å². The number of hydrogen-bond acceptors (Lipinski definition) is 3. The van der Waals surface area contributed by atoms with Gasteiger partial charge in [0.05, 0.1) is 11.0 Å². The molecule has 5 rings (SSSR count). The highest BCUT2D eigenvalue weighted by atomic mass is 35.5. The molecular formula is C32H35ClFN3O2. The van der Waals surface area contributed by atoms with Crippen LogP contribution in [0.15, 0.2) is 78.9 Å². The first kappa shape index (κ1) is 27.4. The van der Waals surface area contributed by atoms with Crippen LogP contribution in [0.3, 0.4) is 0 Å². The van der Waals surface area contributed by atoms with Gasteiger partial charge in [0.15, 0.2) is 0 Å². The fourth-order valence-electron chi connectivity index (χ4n) is 6.34. The maximum absolute atomic E-state index is 14.0. The van der Waals surface area contributed by atoms with Crippen molar-refractivity contribution < 1.29 is 14.0 Å². The molecule has 0 radical (unpaired) electrons. The van der Waals surface area contributed by atoms with Gasteiger partial charge in [0, 0.05) is 45.2 Å². The number of halogens is 2. The summed E-state index contributed by atoms with van der Waals surface area (Å²) in [6.45, 7) is 4.38. The average Bonchev–Trinajstić information content (AvgIpc) is 3.65. The highest BCUT2D eigenvalue weighted by Crippen LogP contribution is 2.56. The molecule has 0 spiro atoms. The maximum Gasteiger partial charge on any atom is 0.233 e. The first-order valence-electron chi connectivity index (χ1n) is 13.6. The zero-order valence-electron chi connectivity index (χ0n) is 22.5. The zero-order valence-corrected chi connectivity index (χ0v) is 23.3. The van der Waals surface area contributed by atoms with E-state index < -0.39 is 5.41 Å². The molecule has 3 aromatic carbocycles. The SMILES string of the molecule is CC(=O)NC1(c2ccccc2)CCN(C[C@@H]2C[C@@]2(C(=O)N(C)Cc2ccccc2Cl)c2ccc(F)cc2)CC1. The standard InChI is InChI=1S/C32H35ClFN3O2/c1-23(38)35-31(25-9-4-3-5-10-25)16-18-37(19-17-31)22-27-20-32(27,26-12-14-28(34)15-13-26)30(39)36(2)21-24-8-6-7-11-29(24)33/h3-15,27H,16-22H2,1-2H3,(H,35,38)/t27-,32+/m0/s1. The van der Waals surface area contributed by atoms with Crippen LogP contribution >= 0.6 is 11.6 Å². The Kier molecular flexibility index (Phi) is 7.79. The second kappa shape index (κ2) is 11.1. The van der Waals surface area contributed by atoms with Crippen molar-refractivity contribution in [3.05, 3.63) is 106 Å². The molecule has 0 unspecified atom stereocenters. The molecule has 0 aromatic heterocycles. The largest absolute Gasteiger partial charge is 0.347 e. The normalized spacial score (nSPS) is 22.2. The molecule has 2 aliphatic rings. The summed E-state index contributed by atoms with van der Waals surface area (Å²) in [5, 5.41) is 3.87. The Balaban J connectivity index is 1.32.